The Bertz CT molecular complexity index is 1300. The molecule has 2 heterocycles. The van der Waals surface area contributed by atoms with E-state index < -0.39 is 11.7 Å². The molecule has 3 aromatic carbocycles. The molecule has 0 aliphatic carbocycles. The van der Waals surface area contributed by atoms with Crippen LogP contribution in [0.1, 0.15) is 27.5 Å². The van der Waals surface area contributed by atoms with Crippen molar-refractivity contribution in [1.82, 2.24) is 14.8 Å². The minimum Gasteiger partial charge on any atom is -0.324 e. The van der Waals surface area contributed by atoms with Crippen LogP contribution in [0, 0.1) is 5.82 Å². The van der Waals surface area contributed by atoms with E-state index in [1.807, 2.05) is 60.7 Å². The Kier molecular flexibility index (Phi) is 5.17. The van der Waals surface area contributed by atoms with Gasteiger partial charge in [0.15, 0.2) is 0 Å². The SMILES string of the molecule is O=C(Nc1nc2n(n1)[C@H](c1ccc(Cl)cc1)C=C(c1ccccc1)N2)c1ccc(F)cc1. The van der Waals surface area contributed by atoms with Crippen LogP contribution in [0.15, 0.2) is 84.9 Å². The fourth-order valence-electron chi connectivity index (χ4n) is 3.50. The second-order valence-electron chi connectivity index (χ2n) is 7.23. The molecule has 32 heavy (non-hydrogen) atoms. The van der Waals surface area contributed by atoms with Crippen LogP contribution in [0.25, 0.3) is 5.70 Å². The first kappa shape index (κ1) is 20.0. The second-order valence-corrected chi connectivity index (χ2v) is 7.67. The summed E-state index contributed by atoms with van der Waals surface area (Å²) in [6.07, 6.45) is 2.05. The van der Waals surface area contributed by atoms with E-state index in [1.54, 1.807) is 4.68 Å². The van der Waals surface area contributed by atoms with E-state index in [1.165, 1.54) is 24.3 Å². The van der Waals surface area contributed by atoms with Crippen molar-refractivity contribution in [3.63, 3.8) is 0 Å². The molecule has 5 rings (SSSR count). The van der Waals surface area contributed by atoms with Gasteiger partial charge in [-0.3, -0.25) is 10.1 Å². The Morgan fingerprint density at radius 3 is 2.44 bits per heavy atom. The van der Waals surface area contributed by atoms with Crippen LogP contribution in [0.5, 0.6) is 0 Å². The van der Waals surface area contributed by atoms with Gasteiger partial charge in [0.25, 0.3) is 11.9 Å². The van der Waals surface area contributed by atoms with Crippen molar-refractivity contribution >= 4 is 35.1 Å². The normalized spacial score (nSPS) is 14.8. The highest BCUT2D eigenvalue weighted by Gasteiger charge is 2.26. The fraction of sp³-hybridized carbons (Fsp3) is 0.0417. The molecule has 8 heteroatoms. The Morgan fingerprint density at radius 1 is 1.00 bits per heavy atom. The number of carbonyl (C=O) groups excluding carboxylic acids is 1. The molecule has 1 atom stereocenters. The third kappa shape index (κ3) is 3.98. The lowest BCUT2D eigenvalue weighted by molar-refractivity contribution is 0.102. The lowest BCUT2D eigenvalue weighted by Gasteiger charge is -2.24. The maximum Gasteiger partial charge on any atom is 0.258 e. The van der Waals surface area contributed by atoms with E-state index in [-0.39, 0.29) is 12.0 Å². The molecule has 6 nitrogen and oxygen atoms in total. The summed E-state index contributed by atoms with van der Waals surface area (Å²) in [5.41, 5.74) is 3.15. The topological polar surface area (TPSA) is 71.8 Å². The Hall–Kier alpha value is -3.97. The number of nitrogens with one attached hydrogen (secondary N) is 2. The Labute approximate surface area is 188 Å². The van der Waals surface area contributed by atoms with Gasteiger partial charge in [0.1, 0.15) is 11.9 Å². The zero-order chi connectivity index (χ0) is 22.1. The molecule has 1 aliphatic heterocycles. The first-order valence-corrected chi connectivity index (χ1v) is 10.3. The zero-order valence-electron chi connectivity index (χ0n) is 16.7. The predicted octanol–water partition coefficient (Wildman–Crippen LogP) is 5.38. The summed E-state index contributed by atoms with van der Waals surface area (Å²) in [6.45, 7) is 0. The van der Waals surface area contributed by atoms with Gasteiger partial charge in [-0.05, 0) is 53.6 Å². The number of amides is 1. The number of anilines is 2. The minimum atomic E-state index is -0.424. The van der Waals surface area contributed by atoms with Gasteiger partial charge in [0.2, 0.25) is 5.95 Å². The van der Waals surface area contributed by atoms with E-state index in [4.69, 9.17) is 11.6 Å². The standard InChI is InChI=1S/C24H17ClFN5O/c25-18-10-6-16(7-11-18)21-14-20(15-4-2-1-3-5-15)27-24-29-23(30-31(21)24)28-22(32)17-8-12-19(26)13-9-17/h1-14,21H,(H2,27,28,29,30,32)/t21-/m0/s1. The molecule has 158 valence electrons. The van der Waals surface area contributed by atoms with E-state index in [0.29, 0.717) is 16.5 Å². The molecule has 0 saturated heterocycles. The van der Waals surface area contributed by atoms with Crippen molar-refractivity contribution in [1.29, 1.82) is 0 Å². The number of hydrogen-bond donors (Lipinski definition) is 2. The molecule has 0 unspecified atom stereocenters. The van der Waals surface area contributed by atoms with Crippen LogP contribution in [-0.4, -0.2) is 20.7 Å². The van der Waals surface area contributed by atoms with Crippen LogP contribution in [0.3, 0.4) is 0 Å². The van der Waals surface area contributed by atoms with Crippen molar-refractivity contribution in [2.75, 3.05) is 10.6 Å². The quantitative estimate of drug-likeness (QED) is 0.442. The van der Waals surface area contributed by atoms with Gasteiger partial charge in [-0.1, -0.05) is 54.1 Å². The van der Waals surface area contributed by atoms with Gasteiger partial charge in [0.05, 0.1) is 0 Å². The maximum atomic E-state index is 13.2. The first-order valence-electron chi connectivity index (χ1n) is 9.90. The van der Waals surface area contributed by atoms with Crippen LogP contribution in [0.4, 0.5) is 16.3 Å². The Morgan fingerprint density at radius 2 is 1.72 bits per heavy atom. The number of hydrogen-bond acceptors (Lipinski definition) is 4. The average Bonchev–Trinajstić information content (AvgIpc) is 3.22. The first-order chi connectivity index (χ1) is 15.6. The smallest absolute Gasteiger partial charge is 0.258 e. The van der Waals surface area contributed by atoms with Crippen molar-refractivity contribution in [2.24, 2.45) is 0 Å². The molecule has 1 aliphatic rings. The molecule has 4 aromatic rings. The average molecular weight is 446 g/mol. The van der Waals surface area contributed by atoms with Crippen LogP contribution >= 0.6 is 11.6 Å². The zero-order valence-corrected chi connectivity index (χ0v) is 17.4. The molecule has 1 amide bonds. The van der Waals surface area contributed by atoms with Crippen molar-refractivity contribution < 1.29 is 9.18 Å². The second kappa shape index (κ2) is 8.28. The summed E-state index contributed by atoms with van der Waals surface area (Å²) in [6, 6.07) is 22.4. The maximum absolute atomic E-state index is 13.2. The number of fused-ring (bicyclic) bond motifs is 1. The summed E-state index contributed by atoms with van der Waals surface area (Å²) in [4.78, 5) is 17.0. The fourth-order valence-corrected chi connectivity index (χ4v) is 3.63. The van der Waals surface area contributed by atoms with Gasteiger partial charge >= 0.3 is 0 Å². The number of carbonyl (C=O) groups is 1. The number of benzene rings is 3. The lowest BCUT2D eigenvalue weighted by atomic mass is 10.0. The lowest BCUT2D eigenvalue weighted by Crippen LogP contribution is -2.20. The number of rotatable bonds is 4. The summed E-state index contributed by atoms with van der Waals surface area (Å²) >= 11 is 6.07. The molecular weight excluding hydrogens is 429 g/mol. The molecule has 0 fully saturated rings. The monoisotopic (exact) mass is 445 g/mol. The summed E-state index contributed by atoms with van der Waals surface area (Å²) < 4.78 is 14.9. The molecular formula is C24H17ClFN5O. The predicted molar refractivity (Wildman–Crippen MR) is 122 cm³/mol. The molecule has 0 saturated carbocycles. The van der Waals surface area contributed by atoms with E-state index in [0.717, 1.165) is 16.8 Å². The third-order valence-corrected chi connectivity index (χ3v) is 5.35. The highest BCUT2D eigenvalue weighted by Crippen LogP contribution is 2.33. The molecule has 0 radical (unpaired) electrons. The van der Waals surface area contributed by atoms with E-state index in [9.17, 15) is 9.18 Å². The third-order valence-electron chi connectivity index (χ3n) is 5.09. The number of halogens is 2. The molecule has 0 bridgehead atoms. The molecule has 1 aromatic heterocycles. The van der Waals surface area contributed by atoms with Gasteiger partial charge in [-0.15, -0.1) is 5.10 Å². The van der Waals surface area contributed by atoms with Gasteiger partial charge in [0, 0.05) is 16.3 Å². The highest BCUT2D eigenvalue weighted by molar-refractivity contribution is 6.30. The van der Waals surface area contributed by atoms with E-state index >= 15 is 0 Å². The molecule has 2 N–H and O–H groups in total. The van der Waals surface area contributed by atoms with Crippen LogP contribution in [-0.2, 0) is 0 Å². The number of allylic oxidation sites excluding steroid dienone is 1. The van der Waals surface area contributed by atoms with Crippen molar-refractivity contribution in [3.8, 4) is 0 Å². The number of nitrogens with zero attached hydrogens (tertiary/aromatic N) is 3. The highest BCUT2D eigenvalue weighted by atomic mass is 35.5. The molecule has 0 spiro atoms. The minimum absolute atomic E-state index is 0.142. The number of aromatic nitrogens is 3. The van der Waals surface area contributed by atoms with Gasteiger partial charge in [-0.25, -0.2) is 9.07 Å². The van der Waals surface area contributed by atoms with Crippen LogP contribution < -0.4 is 10.6 Å². The van der Waals surface area contributed by atoms with Gasteiger partial charge in [-0.2, -0.15) is 4.98 Å². The summed E-state index contributed by atoms with van der Waals surface area (Å²) in [5.74, 6) is -0.205. The summed E-state index contributed by atoms with van der Waals surface area (Å²) in [5, 5.41) is 11.1. The van der Waals surface area contributed by atoms with Crippen molar-refractivity contribution in [2.45, 2.75) is 6.04 Å². The van der Waals surface area contributed by atoms with Gasteiger partial charge < -0.3 is 5.32 Å². The Balaban J connectivity index is 1.50. The van der Waals surface area contributed by atoms with Crippen molar-refractivity contribution in [3.05, 3.63) is 112 Å². The largest absolute Gasteiger partial charge is 0.324 e. The van der Waals surface area contributed by atoms with Crippen LogP contribution in [0.2, 0.25) is 5.02 Å². The van der Waals surface area contributed by atoms with E-state index in [2.05, 4.69) is 20.7 Å². The summed E-state index contributed by atoms with van der Waals surface area (Å²) in [7, 11) is 0.